The van der Waals surface area contributed by atoms with Crippen molar-refractivity contribution in [1.82, 2.24) is 5.32 Å². The number of imide groups is 1. The highest BCUT2D eigenvalue weighted by molar-refractivity contribution is 7.21. The number of esters is 1. The van der Waals surface area contributed by atoms with Gasteiger partial charge in [-0.25, -0.2) is 9.18 Å². The summed E-state index contributed by atoms with van der Waals surface area (Å²) in [6, 6.07) is 10.3. The number of nitrogens with one attached hydrogen (secondary N) is 1. The predicted molar refractivity (Wildman–Crippen MR) is 103 cm³/mol. The van der Waals surface area contributed by atoms with Gasteiger partial charge in [0.15, 0.2) is 6.61 Å². The van der Waals surface area contributed by atoms with Crippen LogP contribution in [0.15, 0.2) is 42.5 Å². The van der Waals surface area contributed by atoms with E-state index in [4.69, 9.17) is 21.1 Å². The predicted octanol–water partition coefficient (Wildman–Crippen LogP) is 3.82. The van der Waals surface area contributed by atoms with E-state index < -0.39 is 30.2 Å². The highest BCUT2D eigenvalue weighted by Crippen LogP contribution is 2.36. The van der Waals surface area contributed by atoms with E-state index >= 15 is 0 Å². The molecule has 3 rings (SSSR count). The SMILES string of the molecule is COc1ccccc1C(=O)NC(=O)COC(=O)c1sc2cc(F)ccc2c1Cl. The van der Waals surface area contributed by atoms with Gasteiger partial charge in [0.05, 0.1) is 17.7 Å². The van der Waals surface area contributed by atoms with Gasteiger partial charge in [0.25, 0.3) is 11.8 Å². The zero-order valence-electron chi connectivity index (χ0n) is 14.5. The van der Waals surface area contributed by atoms with Gasteiger partial charge in [0.2, 0.25) is 0 Å². The van der Waals surface area contributed by atoms with Gasteiger partial charge in [-0.15, -0.1) is 11.3 Å². The number of benzene rings is 2. The number of carbonyl (C=O) groups is 3. The van der Waals surface area contributed by atoms with E-state index in [2.05, 4.69) is 5.32 Å². The van der Waals surface area contributed by atoms with Gasteiger partial charge in [0, 0.05) is 10.1 Å². The van der Waals surface area contributed by atoms with Gasteiger partial charge in [-0.3, -0.25) is 14.9 Å². The minimum absolute atomic E-state index is 0.0473. The second-order valence-electron chi connectivity index (χ2n) is 5.54. The number of para-hydroxylation sites is 1. The van der Waals surface area contributed by atoms with E-state index in [9.17, 15) is 18.8 Å². The summed E-state index contributed by atoms with van der Waals surface area (Å²) in [7, 11) is 1.40. The van der Waals surface area contributed by atoms with E-state index in [1.807, 2.05) is 0 Å². The van der Waals surface area contributed by atoms with Crippen LogP contribution in [-0.4, -0.2) is 31.5 Å². The maximum Gasteiger partial charge on any atom is 0.350 e. The molecule has 0 aliphatic carbocycles. The average Bonchev–Trinajstić information content (AvgIpc) is 3.01. The summed E-state index contributed by atoms with van der Waals surface area (Å²) in [5.41, 5.74) is 0.166. The molecule has 6 nitrogen and oxygen atoms in total. The molecular formula is C19H13ClFNO5S. The van der Waals surface area contributed by atoms with Gasteiger partial charge < -0.3 is 9.47 Å². The molecule has 3 aromatic rings. The Balaban J connectivity index is 1.64. The number of hydrogen-bond donors (Lipinski definition) is 1. The van der Waals surface area contributed by atoms with E-state index in [-0.39, 0.29) is 15.5 Å². The molecule has 1 N–H and O–H groups in total. The molecule has 0 atom stereocenters. The standard InChI is InChI=1S/C19H13ClFNO5S/c1-26-13-5-3-2-4-11(13)18(24)22-15(23)9-27-19(25)17-16(20)12-7-6-10(21)8-14(12)28-17/h2-8H,9H2,1H3,(H,22,23,24). The molecule has 144 valence electrons. The summed E-state index contributed by atoms with van der Waals surface area (Å²) in [5.74, 6) is -2.50. The average molecular weight is 422 g/mol. The third kappa shape index (κ3) is 4.13. The van der Waals surface area contributed by atoms with Crippen LogP contribution in [0.3, 0.4) is 0 Å². The second-order valence-corrected chi connectivity index (χ2v) is 6.97. The monoisotopic (exact) mass is 421 g/mol. The summed E-state index contributed by atoms with van der Waals surface area (Å²) in [6.45, 7) is -0.682. The maximum absolute atomic E-state index is 13.3. The molecule has 0 radical (unpaired) electrons. The lowest BCUT2D eigenvalue weighted by Gasteiger charge is -2.08. The number of hydrogen-bond acceptors (Lipinski definition) is 6. The lowest BCUT2D eigenvalue weighted by Crippen LogP contribution is -2.34. The Hall–Kier alpha value is -2.97. The van der Waals surface area contributed by atoms with E-state index in [0.717, 1.165) is 11.3 Å². The Morgan fingerprint density at radius 2 is 1.93 bits per heavy atom. The van der Waals surface area contributed by atoms with E-state index in [1.54, 1.807) is 18.2 Å². The fraction of sp³-hybridized carbons (Fsp3) is 0.105. The van der Waals surface area contributed by atoms with Crippen molar-refractivity contribution in [3.8, 4) is 5.75 Å². The van der Waals surface area contributed by atoms with Crippen LogP contribution < -0.4 is 10.1 Å². The van der Waals surface area contributed by atoms with Crippen LogP contribution in [0.25, 0.3) is 10.1 Å². The van der Waals surface area contributed by atoms with Crippen molar-refractivity contribution in [3.63, 3.8) is 0 Å². The number of thiophene rings is 1. The van der Waals surface area contributed by atoms with Crippen molar-refractivity contribution in [2.75, 3.05) is 13.7 Å². The highest BCUT2D eigenvalue weighted by atomic mass is 35.5. The molecule has 0 unspecified atom stereocenters. The number of amides is 2. The first-order chi connectivity index (χ1) is 13.4. The van der Waals surface area contributed by atoms with Crippen LogP contribution in [0.2, 0.25) is 5.02 Å². The van der Waals surface area contributed by atoms with Crippen LogP contribution in [0.5, 0.6) is 5.75 Å². The van der Waals surface area contributed by atoms with Crippen LogP contribution >= 0.6 is 22.9 Å². The van der Waals surface area contributed by atoms with E-state index in [0.29, 0.717) is 15.8 Å². The van der Waals surface area contributed by atoms with Crippen LogP contribution in [0.1, 0.15) is 20.0 Å². The molecule has 0 saturated heterocycles. The molecule has 1 heterocycles. The normalized spacial score (nSPS) is 10.5. The summed E-state index contributed by atoms with van der Waals surface area (Å²) in [4.78, 5) is 36.3. The number of rotatable bonds is 5. The van der Waals surface area contributed by atoms with Crippen molar-refractivity contribution < 1.29 is 28.2 Å². The number of methoxy groups -OCH3 is 1. The van der Waals surface area contributed by atoms with E-state index in [1.165, 1.54) is 31.4 Å². The second kappa shape index (κ2) is 8.37. The largest absolute Gasteiger partial charge is 0.496 e. The van der Waals surface area contributed by atoms with Gasteiger partial charge in [-0.05, 0) is 30.3 Å². The minimum atomic E-state index is -0.841. The number of carbonyl (C=O) groups excluding carboxylic acids is 3. The minimum Gasteiger partial charge on any atom is -0.496 e. The van der Waals surface area contributed by atoms with Gasteiger partial charge in [0.1, 0.15) is 16.4 Å². The Morgan fingerprint density at radius 3 is 2.68 bits per heavy atom. The molecule has 1 aromatic heterocycles. The molecule has 9 heteroatoms. The van der Waals surface area contributed by atoms with Crippen molar-refractivity contribution in [2.45, 2.75) is 0 Å². The molecule has 2 amide bonds. The number of fused-ring (bicyclic) bond motifs is 1. The lowest BCUT2D eigenvalue weighted by molar-refractivity contribution is -0.123. The van der Waals surface area contributed by atoms with Gasteiger partial charge in [-0.1, -0.05) is 23.7 Å². The molecule has 0 aliphatic heterocycles. The molecule has 0 bridgehead atoms. The van der Waals surface area contributed by atoms with Gasteiger partial charge >= 0.3 is 5.97 Å². The molecule has 28 heavy (non-hydrogen) atoms. The first-order valence-electron chi connectivity index (χ1n) is 7.92. The third-order valence-corrected chi connectivity index (χ3v) is 5.35. The van der Waals surface area contributed by atoms with Gasteiger partial charge in [-0.2, -0.15) is 0 Å². The first-order valence-corrected chi connectivity index (χ1v) is 9.12. The van der Waals surface area contributed by atoms with Crippen molar-refractivity contribution in [2.24, 2.45) is 0 Å². The topological polar surface area (TPSA) is 81.7 Å². The first kappa shape index (κ1) is 19.8. The number of halogens is 2. The Labute approximate surface area is 167 Å². The summed E-state index contributed by atoms with van der Waals surface area (Å²) in [6.07, 6.45) is 0. The Morgan fingerprint density at radius 1 is 1.18 bits per heavy atom. The molecular weight excluding hydrogens is 409 g/mol. The summed E-state index contributed by atoms with van der Waals surface area (Å²) >= 11 is 7.09. The van der Waals surface area contributed by atoms with Crippen molar-refractivity contribution in [1.29, 1.82) is 0 Å². The Kier molecular flexibility index (Phi) is 5.91. The van der Waals surface area contributed by atoms with Crippen molar-refractivity contribution >= 4 is 50.8 Å². The summed E-state index contributed by atoms with van der Waals surface area (Å²) in [5, 5.41) is 2.74. The third-order valence-electron chi connectivity index (χ3n) is 3.72. The molecule has 0 spiro atoms. The highest BCUT2D eigenvalue weighted by Gasteiger charge is 2.21. The molecule has 0 aliphatic rings. The summed E-state index contributed by atoms with van der Waals surface area (Å²) < 4.78 is 23.8. The molecule has 0 fully saturated rings. The smallest absolute Gasteiger partial charge is 0.350 e. The fourth-order valence-electron chi connectivity index (χ4n) is 2.43. The fourth-order valence-corrected chi connectivity index (χ4v) is 3.86. The zero-order chi connectivity index (χ0) is 20.3. The quantitative estimate of drug-likeness (QED) is 0.633. The van der Waals surface area contributed by atoms with Crippen LogP contribution in [0.4, 0.5) is 4.39 Å². The van der Waals surface area contributed by atoms with Crippen LogP contribution in [0, 0.1) is 5.82 Å². The van der Waals surface area contributed by atoms with Crippen molar-refractivity contribution in [3.05, 3.63) is 63.7 Å². The molecule has 2 aromatic carbocycles. The molecule has 0 saturated carbocycles. The Bertz CT molecular complexity index is 1080. The lowest BCUT2D eigenvalue weighted by atomic mass is 10.2. The van der Waals surface area contributed by atoms with Crippen LogP contribution in [-0.2, 0) is 9.53 Å². The number of ether oxygens (including phenoxy) is 2. The maximum atomic E-state index is 13.3. The zero-order valence-corrected chi connectivity index (χ0v) is 16.0.